The standard InChI is InChI=1S/C15H24N2OS/c1-4-11(3)14-13(10-18)19-15(16-14)17-8-6-7-12(5-2)9-17/h10-12H,4-9H2,1-3H3. The molecule has 1 aliphatic rings. The molecule has 3 nitrogen and oxygen atoms in total. The average molecular weight is 280 g/mol. The highest BCUT2D eigenvalue weighted by molar-refractivity contribution is 7.17. The molecular formula is C15H24N2OS. The maximum Gasteiger partial charge on any atom is 0.186 e. The van der Waals surface area contributed by atoms with Gasteiger partial charge >= 0.3 is 0 Å². The number of carbonyl (C=O) groups excluding carboxylic acids is 1. The van der Waals surface area contributed by atoms with Crippen LogP contribution in [-0.4, -0.2) is 24.4 Å². The van der Waals surface area contributed by atoms with Crippen molar-refractivity contribution >= 4 is 22.8 Å². The second-order valence-corrected chi connectivity index (χ2v) is 6.54. The van der Waals surface area contributed by atoms with Crippen molar-refractivity contribution in [3.05, 3.63) is 10.6 Å². The van der Waals surface area contributed by atoms with Crippen molar-refractivity contribution in [2.45, 2.75) is 52.4 Å². The number of anilines is 1. The first-order valence-electron chi connectivity index (χ1n) is 7.40. The van der Waals surface area contributed by atoms with Crippen LogP contribution in [0.5, 0.6) is 0 Å². The van der Waals surface area contributed by atoms with Crippen molar-refractivity contribution in [1.82, 2.24) is 4.98 Å². The van der Waals surface area contributed by atoms with Gasteiger partial charge in [-0.15, -0.1) is 0 Å². The fourth-order valence-electron chi connectivity index (χ4n) is 2.67. The van der Waals surface area contributed by atoms with Gasteiger partial charge < -0.3 is 4.90 Å². The Kier molecular flexibility index (Phi) is 4.97. The predicted octanol–water partition coefficient (Wildman–Crippen LogP) is 4.10. The van der Waals surface area contributed by atoms with E-state index in [1.807, 2.05) is 0 Å². The molecule has 0 aromatic carbocycles. The highest BCUT2D eigenvalue weighted by Crippen LogP contribution is 2.33. The molecule has 0 aliphatic carbocycles. The predicted molar refractivity (Wildman–Crippen MR) is 81.4 cm³/mol. The largest absolute Gasteiger partial charge is 0.348 e. The van der Waals surface area contributed by atoms with Crippen LogP contribution in [0.3, 0.4) is 0 Å². The summed E-state index contributed by atoms with van der Waals surface area (Å²) in [5.74, 6) is 1.15. The lowest BCUT2D eigenvalue weighted by atomic mass is 9.96. The molecule has 2 heterocycles. The van der Waals surface area contributed by atoms with Crippen LogP contribution in [0.1, 0.15) is 67.7 Å². The molecule has 1 aromatic rings. The maximum atomic E-state index is 11.2. The molecule has 1 fully saturated rings. The normalized spacial score (nSPS) is 21.4. The number of aldehydes is 1. The number of nitrogens with zero attached hydrogens (tertiary/aromatic N) is 2. The Bertz CT molecular complexity index is 430. The third-order valence-electron chi connectivity index (χ3n) is 4.22. The van der Waals surface area contributed by atoms with Crippen molar-refractivity contribution in [2.24, 2.45) is 5.92 Å². The van der Waals surface area contributed by atoms with E-state index in [1.165, 1.54) is 19.3 Å². The van der Waals surface area contributed by atoms with Crippen LogP contribution in [-0.2, 0) is 0 Å². The summed E-state index contributed by atoms with van der Waals surface area (Å²) < 4.78 is 0. The minimum atomic E-state index is 0.372. The zero-order valence-electron chi connectivity index (χ0n) is 12.2. The lowest BCUT2D eigenvalue weighted by Crippen LogP contribution is -2.35. The molecule has 4 heteroatoms. The van der Waals surface area contributed by atoms with Crippen LogP contribution in [0, 0.1) is 5.92 Å². The number of piperidine rings is 1. The van der Waals surface area contributed by atoms with Crippen molar-refractivity contribution < 1.29 is 4.79 Å². The summed E-state index contributed by atoms with van der Waals surface area (Å²) in [6, 6.07) is 0. The Morgan fingerprint density at radius 2 is 2.32 bits per heavy atom. The van der Waals surface area contributed by atoms with Crippen molar-refractivity contribution in [3.63, 3.8) is 0 Å². The number of rotatable bonds is 5. The van der Waals surface area contributed by atoms with Crippen molar-refractivity contribution in [2.75, 3.05) is 18.0 Å². The number of hydrogen-bond acceptors (Lipinski definition) is 4. The Hall–Kier alpha value is -0.900. The van der Waals surface area contributed by atoms with Crippen molar-refractivity contribution in [1.29, 1.82) is 0 Å². The summed E-state index contributed by atoms with van der Waals surface area (Å²) in [4.78, 5) is 19.2. The topological polar surface area (TPSA) is 33.2 Å². The quantitative estimate of drug-likeness (QED) is 0.761. The molecule has 0 N–H and O–H groups in total. The molecule has 19 heavy (non-hydrogen) atoms. The number of hydrogen-bond donors (Lipinski definition) is 0. The molecule has 1 saturated heterocycles. The average Bonchev–Trinajstić information content (AvgIpc) is 2.90. The zero-order valence-corrected chi connectivity index (χ0v) is 13.0. The summed E-state index contributed by atoms with van der Waals surface area (Å²) in [6.07, 6.45) is 5.82. The molecule has 2 unspecified atom stereocenters. The third kappa shape index (κ3) is 3.16. The van der Waals surface area contributed by atoms with Gasteiger partial charge in [0, 0.05) is 13.1 Å². The van der Waals surface area contributed by atoms with E-state index in [9.17, 15) is 4.79 Å². The SMILES string of the molecule is CCC1CCCN(c2nc(C(C)CC)c(C=O)s2)C1. The van der Waals surface area contributed by atoms with E-state index < -0.39 is 0 Å². The van der Waals surface area contributed by atoms with Crippen LogP contribution < -0.4 is 4.90 Å². The molecule has 106 valence electrons. The number of thiazole rings is 1. The molecule has 0 radical (unpaired) electrons. The van der Waals surface area contributed by atoms with Crippen LogP contribution in [0.4, 0.5) is 5.13 Å². The van der Waals surface area contributed by atoms with E-state index in [0.29, 0.717) is 5.92 Å². The summed E-state index contributed by atoms with van der Waals surface area (Å²) >= 11 is 1.57. The Balaban J connectivity index is 2.20. The molecule has 1 aromatic heterocycles. The van der Waals surface area contributed by atoms with Gasteiger partial charge in [-0.3, -0.25) is 4.79 Å². The summed E-state index contributed by atoms with van der Waals surface area (Å²) in [7, 11) is 0. The van der Waals surface area contributed by atoms with Gasteiger partial charge in [0.15, 0.2) is 11.4 Å². The van der Waals surface area contributed by atoms with Gasteiger partial charge in [-0.2, -0.15) is 0 Å². The van der Waals surface area contributed by atoms with Gasteiger partial charge in [-0.25, -0.2) is 4.98 Å². The lowest BCUT2D eigenvalue weighted by Gasteiger charge is -2.32. The first-order valence-corrected chi connectivity index (χ1v) is 8.22. The summed E-state index contributed by atoms with van der Waals surface area (Å²) in [6.45, 7) is 8.74. The van der Waals surface area contributed by atoms with E-state index in [4.69, 9.17) is 4.98 Å². The smallest absolute Gasteiger partial charge is 0.186 e. The van der Waals surface area contributed by atoms with Gasteiger partial charge in [0.2, 0.25) is 0 Å². The molecular weight excluding hydrogens is 256 g/mol. The molecule has 0 amide bonds. The fraction of sp³-hybridized carbons (Fsp3) is 0.733. The highest BCUT2D eigenvalue weighted by atomic mass is 32.1. The minimum absolute atomic E-state index is 0.372. The first kappa shape index (κ1) is 14.5. The third-order valence-corrected chi connectivity index (χ3v) is 5.28. The van der Waals surface area contributed by atoms with Crippen LogP contribution in [0.15, 0.2) is 0 Å². The maximum absolute atomic E-state index is 11.2. The first-order chi connectivity index (χ1) is 9.19. The van der Waals surface area contributed by atoms with Crippen LogP contribution in [0.2, 0.25) is 0 Å². The van der Waals surface area contributed by atoms with Gasteiger partial charge in [-0.1, -0.05) is 38.5 Å². The van der Waals surface area contributed by atoms with Gasteiger partial charge in [0.25, 0.3) is 0 Å². The van der Waals surface area contributed by atoms with Gasteiger partial charge in [0.1, 0.15) is 0 Å². The fourth-order valence-corrected chi connectivity index (χ4v) is 3.70. The summed E-state index contributed by atoms with van der Waals surface area (Å²) in [5.41, 5.74) is 0.996. The van der Waals surface area contributed by atoms with E-state index >= 15 is 0 Å². The summed E-state index contributed by atoms with van der Waals surface area (Å²) in [5, 5.41) is 1.05. The van der Waals surface area contributed by atoms with Crippen LogP contribution in [0.25, 0.3) is 0 Å². The van der Waals surface area contributed by atoms with E-state index in [-0.39, 0.29) is 0 Å². The molecule has 0 spiro atoms. The van der Waals surface area contributed by atoms with E-state index in [1.54, 1.807) is 11.3 Å². The van der Waals surface area contributed by atoms with E-state index in [0.717, 1.165) is 47.4 Å². The Morgan fingerprint density at radius 3 is 2.95 bits per heavy atom. The zero-order chi connectivity index (χ0) is 13.8. The second kappa shape index (κ2) is 6.51. The number of carbonyl (C=O) groups is 1. The lowest BCUT2D eigenvalue weighted by molar-refractivity contribution is 0.112. The molecule has 0 bridgehead atoms. The van der Waals surface area contributed by atoms with Crippen molar-refractivity contribution in [3.8, 4) is 0 Å². The van der Waals surface area contributed by atoms with Gasteiger partial charge in [-0.05, 0) is 31.1 Å². The molecule has 1 aliphatic heterocycles. The number of aromatic nitrogens is 1. The van der Waals surface area contributed by atoms with E-state index in [2.05, 4.69) is 25.7 Å². The monoisotopic (exact) mass is 280 g/mol. The van der Waals surface area contributed by atoms with Crippen LogP contribution >= 0.6 is 11.3 Å². The highest BCUT2D eigenvalue weighted by Gasteiger charge is 2.23. The minimum Gasteiger partial charge on any atom is -0.348 e. The Labute approximate surface area is 120 Å². The molecule has 0 saturated carbocycles. The molecule has 2 atom stereocenters. The van der Waals surface area contributed by atoms with Gasteiger partial charge in [0.05, 0.1) is 10.6 Å². The molecule has 2 rings (SSSR count). The second-order valence-electron chi connectivity index (χ2n) is 5.54. The Morgan fingerprint density at radius 1 is 1.53 bits per heavy atom.